The molecule has 0 radical (unpaired) electrons. The van der Waals surface area contributed by atoms with E-state index in [1.54, 1.807) is 4.90 Å². The van der Waals surface area contributed by atoms with Crippen molar-refractivity contribution in [1.82, 2.24) is 9.21 Å². The topological polar surface area (TPSA) is 104 Å². The summed E-state index contributed by atoms with van der Waals surface area (Å²) in [4.78, 5) is 12.7. The van der Waals surface area contributed by atoms with Gasteiger partial charge in [-0.05, 0) is 0 Å². The van der Waals surface area contributed by atoms with Gasteiger partial charge in [-0.15, -0.1) is 0 Å². The number of aliphatic hydroxyl groups is 1. The van der Waals surface area contributed by atoms with Crippen molar-refractivity contribution in [3.05, 3.63) is 0 Å². The predicted molar refractivity (Wildman–Crippen MR) is 62.7 cm³/mol. The summed E-state index contributed by atoms with van der Waals surface area (Å²) < 4.78 is 25.0. The molecule has 0 aromatic rings. The molecule has 1 atom stereocenters. The van der Waals surface area contributed by atoms with Gasteiger partial charge in [0.15, 0.2) is 0 Å². The minimum absolute atomic E-state index is 0.0518. The molecular formula is C9H19N3O4S. The number of rotatable bonds is 4. The van der Waals surface area contributed by atoms with E-state index in [-0.39, 0.29) is 31.3 Å². The fraction of sp³-hybridized carbons (Fsp3) is 0.889. The third-order valence-electron chi connectivity index (χ3n) is 2.75. The lowest BCUT2D eigenvalue weighted by Gasteiger charge is -2.33. The number of carbonyl (C=O) groups excluding carboxylic acids is 1. The van der Waals surface area contributed by atoms with Crippen LogP contribution in [0.5, 0.6) is 0 Å². The lowest BCUT2D eigenvalue weighted by Crippen LogP contribution is -2.51. The van der Waals surface area contributed by atoms with Crippen molar-refractivity contribution in [2.24, 2.45) is 5.73 Å². The monoisotopic (exact) mass is 265 g/mol. The second kappa shape index (κ2) is 5.76. The Balaban J connectivity index is 2.56. The first-order chi connectivity index (χ1) is 7.86. The van der Waals surface area contributed by atoms with E-state index >= 15 is 0 Å². The van der Waals surface area contributed by atoms with Gasteiger partial charge in [0.25, 0.3) is 0 Å². The zero-order valence-electron chi connectivity index (χ0n) is 9.87. The Kier molecular flexibility index (Phi) is 4.87. The summed E-state index contributed by atoms with van der Waals surface area (Å²) >= 11 is 0. The number of sulfonamides is 1. The van der Waals surface area contributed by atoms with Crippen LogP contribution in [-0.2, 0) is 14.8 Å². The van der Waals surface area contributed by atoms with Gasteiger partial charge in [-0.25, -0.2) is 8.42 Å². The van der Waals surface area contributed by atoms with Gasteiger partial charge in [-0.2, -0.15) is 4.31 Å². The molecule has 1 rings (SSSR count). The van der Waals surface area contributed by atoms with E-state index in [4.69, 9.17) is 5.73 Å². The molecule has 100 valence electrons. The number of aliphatic hydroxyl groups excluding tert-OH is 1. The second-order valence-corrected chi connectivity index (χ2v) is 6.09. The standard InChI is InChI=1S/C9H19N3O4S/c1-8(13)11-2-4-12(5-3-11)17(15,16)7-9(14)6-10/h9,14H,2-7,10H2,1H3. The summed E-state index contributed by atoms with van der Waals surface area (Å²) in [6.45, 7) is 2.73. The van der Waals surface area contributed by atoms with Gasteiger partial charge in [0.1, 0.15) is 0 Å². The Morgan fingerprint density at radius 1 is 1.35 bits per heavy atom. The summed E-state index contributed by atoms with van der Waals surface area (Å²) in [5.41, 5.74) is 5.18. The van der Waals surface area contributed by atoms with Crippen molar-refractivity contribution in [3.8, 4) is 0 Å². The number of nitrogens with zero attached hydrogens (tertiary/aromatic N) is 2. The summed E-state index contributed by atoms with van der Waals surface area (Å²) in [6, 6.07) is 0. The zero-order valence-corrected chi connectivity index (χ0v) is 10.7. The van der Waals surface area contributed by atoms with E-state index in [1.807, 2.05) is 0 Å². The highest BCUT2D eigenvalue weighted by atomic mass is 32.2. The molecule has 1 amide bonds. The van der Waals surface area contributed by atoms with Crippen molar-refractivity contribution in [3.63, 3.8) is 0 Å². The molecule has 17 heavy (non-hydrogen) atoms. The maximum Gasteiger partial charge on any atom is 0.219 e. The molecule has 7 nitrogen and oxygen atoms in total. The quantitative estimate of drug-likeness (QED) is 0.600. The van der Waals surface area contributed by atoms with Crippen molar-refractivity contribution in [1.29, 1.82) is 0 Å². The molecule has 0 aromatic heterocycles. The predicted octanol–water partition coefficient (Wildman–Crippen LogP) is -2.20. The van der Waals surface area contributed by atoms with E-state index in [0.717, 1.165) is 0 Å². The van der Waals surface area contributed by atoms with Crippen molar-refractivity contribution < 1.29 is 18.3 Å². The molecule has 1 fully saturated rings. The molecule has 0 aromatic carbocycles. The van der Waals surface area contributed by atoms with Gasteiger partial charge in [-0.1, -0.05) is 0 Å². The minimum atomic E-state index is -3.48. The number of piperazine rings is 1. The average Bonchev–Trinajstić information content (AvgIpc) is 2.28. The summed E-state index contributed by atoms with van der Waals surface area (Å²) in [5.74, 6) is -0.409. The molecule has 1 saturated heterocycles. The van der Waals surface area contributed by atoms with E-state index < -0.39 is 16.1 Å². The zero-order chi connectivity index (χ0) is 13.1. The van der Waals surface area contributed by atoms with Crippen LogP contribution in [0.4, 0.5) is 0 Å². The van der Waals surface area contributed by atoms with Gasteiger partial charge in [0.05, 0.1) is 11.9 Å². The van der Waals surface area contributed by atoms with Crippen molar-refractivity contribution in [2.75, 3.05) is 38.5 Å². The van der Waals surface area contributed by atoms with E-state index in [1.165, 1.54) is 11.2 Å². The van der Waals surface area contributed by atoms with E-state index in [9.17, 15) is 18.3 Å². The largest absolute Gasteiger partial charge is 0.391 e. The Bertz CT molecular complexity index is 362. The number of hydrogen-bond donors (Lipinski definition) is 2. The van der Waals surface area contributed by atoms with Crippen LogP contribution in [0.3, 0.4) is 0 Å². The van der Waals surface area contributed by atoms with Crippen LogP contribution < -0.4 is 5.73 Å². The molecule has 1 aliphatic rings. The van der Waals surface area contributed by atoms with Crippen molar-refractivity contribution >= 4 is 15.9 Å². The highest BCUT2D eigenvalue weighted by Crippen LogP contribution is 2.09. The molecule has 1 unspecified atom stereocenters. The third-order valence-corrected chi connectivity index (χ3v) is 4.71. The third kappa shape index (κ3) is 3.91. The first-order valence-electron chi connectivity index (χ1n) is 5.48. The second-order valence-electron chi connectivity index (χ2n) is 4.07. The van der Waals surface area contributed by atoms with Gasteiger partial charge in [0.2, 0.25) is 15.9 Å². The smallest absolute Gasteiger partial charge is 0.219 e. The number of nitrogens with two attached hydrogens (primary N) is 1. The normalized spacial score (nSPS) is 20.3. The summed E-state index contributed by atoms with van der Waals surface area (Å²) in [5, 5.41) is 9.27. The van der Waals surface area contributed by atoms with Gasteiger partial charge in [0, 0.05) is 39.6 Å². The molecule has 3 N–H and O–H groups in total. The molecule has 8 heteroatoms. The van der Waals surface area contributed by atoms with Crippen LogP contribution in [0.15, 0.2) is 0 Å². The first-order valence-corrected chi connectivity index (χ1v) is 7.09. The number of hydrogen-bond acceptors (Lipinski definition) is 5. The SMILES string of the molecule is CC(=O)N1CCN(S(=O)(=O)CC(O)CN)CC1. The van der Waals surface area contributed by atoms with E-state index in [0.29, 0.717) is 13.1 Å². The fourth-order valence-corrected chi connectivity index (χ4v) is 3.25. The molecule has 0 saturated carbocycles. The van der Waals surface area contributed by atoms with Crippen LogP contribution >= 0.6 is 0 Å². The lowest BCUT2D eigenvalue weighted by atomic mass is 10.3. The molecule has 0 aliphatic carbocycles. The van der Waals surface area contributed by atoms with Crippen LogP contribution in [-0.4, -0.2) is 73.2 Å². The Morgan fingerprint density at radius 3 is 2.29 bits per heavy atom. The minimum Gasteiger partial charge on any atom is -0.391 e. The molecule has 1 heterocycles. The molecular weight excluding hydrogens is 246 g/mol. The van der Waals surface area contributed by atoms with Crippen LogP contribution in [0.25, 0.3) is 0 Å². The maximum absolute atomic E-state index is 11.8. The molecule has 1 aliphatic heterocycles. The fourth-order valence-electron chi connectivity index (χ4n) is 1.70. The summed E-state index contributed by atoms with van der Waals surface area (Å²) in [6.07, 6.45) is -1.04. The van der Waals surface area contributed by atoms with Crippen molar-refractivity contribution in [2.45, 2.75) is 13.0 Å². The lowest BCUT2D eigenvalue weighted by molar-refractivity contribution is -0.129. The van der Waals surface area contributed by atoms with Crippen LogP contribution in [0.2, 0.25) is 0 Å². The first kappa shape index (κ1) is 14.4. The van der Waals surface area contributed by atoms with Gasteiger partial charge < -0.3 is 15.7 Å². The number of carbonyl (C=O) groups is 1. The van der Waals surface area contributed by atoms with E-state index in [2.05, 4.69) is 0 Å². The van der Waals surface area contributed by atoms with Crippen LogP contribution in [0, 0.1) is 0 Å². The van der Waals surface area contributed by atoms with Gasteiger partial charge >= 0.3 is 0 Å². The van der Waals surface area contributed by atoms with Crippen LogP contribution in [0.1, 0.15) is 6.92 Å². The highest BCUT2D eigenvalue weighted by Gasteiger charge is 2.29. The molecule has 0 spiro atoms. The van der Waals surface area contributed by atoms with Gasteiger partial charge in [-0.3, -0.25) is 4.79 Å². The number of amides is 1. The molecule has 0 bridgehead atoms. The Morgan fingerprint density at radius 2 is 1.88 bits per heavy atom. The average molecular weight is 265 g/mol. The maximum atomic E-state index is 11.8. The Labute approximate surface area is 101 Å². The highest BCUT2D eigenvalue weighted by molar-refractivity contribution is 7.89. The summed E-state index contributed by atoms with van der Waals surface area (Å²) in [7, 11) is -3.48. The Hall–Kier alpha value is -0.700.